The first-order chi connectivity index (χ1) is 34.0. The lowest BCUT2D eigenvalue weighted by molar-refractivity contribution is -0.187. The van der Waals surface area contributed by atoms with Gasteiger partial charge in [-0.05, 0) is 87.1 Å². The van der Waals surface area contributed by atoms with Crippen LogP contribution in [0.1, 0.15) is 228 Å². The maximum atomic E-state index is 14.5. The Morgan fingerprint density at radius 1 is 0.414 bits per heavy atom. The molecule has 6 rings (SSSR count). The minimum Gasteiger partial charge on any atom is -0.426 e. The highest BCUT2D eigenvalue weighted by Crippen LogP contribution is 2.32. The third-order valence-electron chi connectivity index (χ3n) is 13.4. The van der Waals surface area contributed by atoms with Gasteiger partial charge >= 0.3 is 23.9 Å². The molecule has 0 unspecified atom stereocenters. The lowest BCUT2D eigenvalue weighted by Crippen LogP contribution is -2.24. The molecule has 0 bridgehead atoms. The molecule has 0 spiro atoms. The zero-order valence-electron chi connectivity index (χ0n) is 40.7. The molecule has 0 N–H and O–H groups in total. The fraction of sp³-hybridized carbons (Fsp3) is 0.448. The number of esters is 2. The Balaban J connectivity index is 1.23. The summed E-state index contributed by atoms with van der Waals surface area (Å²) >= 11 is 0. The molecule has 0 radical (unpaired) electrons. The van der Waals surface area contributed by atoms with Gasteiger partial charge in [0, 0.05) is 35.1 Å². The molecule has 12 heteroatoms. The minimum atomic E-state index is -1.22. The third-order valence-corrected chi connectivity index (χ3v) is 13.4. The van der Waals surface area contributed by atoms with E-state index in [1.165, 1.54) is 84.9 Å². The topological polar surface area (TPSA) is 173 Å². The highest BCUT2D eigenvalue weighted by molar-refractivity contribution is 6.18. The second-order valence-corrected chi connectivity index (χ2v) is 18.6. The van der Waals surface area contributed by atoms with Crippen molar-refractivity contribution >= 4 is 47.0 Å². The van der Waals surface area contributed by atoms with Crippen molar-refractivity contribution < 1.29 is 57.6 Å². The molecule has 12 nitrogen and oxygen atoms in total. The number of Topliss-reactive ketones (excluding diaryl/α,β-unsaturated/α-hetero) is 2. The summed E-state index contributed by atoms with van der Waals surface area (Å²) in [7, 11) is 0. The summed E-state index contributed by atoms with van der Waals surface area (Å²) in [6.45, 7) is 4.22. The Labute approximate surface area is 411 Å². The van der Waals surface area contributed by atoms with E-state index in [1.807, 2.05) is 0 Å². The molecule has 2 fully saturated rings. The molecule has 0 aliphatic heterocycles. The molecule has 4 aromatic carbocycles. The van der Waals surface area contributed by atoms with Crippen molar-refractivity contribution in [2.45, 2.75) is 155 Å². The first-order valence-corrected chi connectivity index (χ1v) is 25.5. The molecule has 0 amide bonds. The van der Waals surface area contributed by atoms with Crippen molar-refractivity contribution in [1.29, 1.82) is 0 Å². The number of hydrogen-bond donors (Lipinski definition) is 0. The summed E-state index contributed by atoms with van der Waals surface area (Å²) in [4.78, 5) is 120. The normalized spacial score (nSPS) is 14.0. The van der Waals surface area contributed by atoms with Gasteiger partial charge in [-0.25, -0.2) is 19.4 Å². The molecule has 4 aromatic rings. The summed E-state index contributed by atoms with van der Waals surface area (Å²) in [6.07, 6.45) is 18.2. The van der Waals surface area contributed by atoms with Crippen LogP contribution < -0.4 is 9.47 Å². The highest BCUT2D eigenvalue weighted by Gasteiger charge is 2.31. The third kappa shape index (κ3) is 14.5. The number of carbonyl (C=O) groups excluding carboxylic acids is 8. The van der Waals surface area contributed by atoms with Crippen molar-refractivity contribution in [1.82, 2.24) is 0 Å². The van der Waals surface area contributed by atoms with E-state index in [4.69, 9.17) is 19.2 Å². The lowest BCUT2D eigenvalue weighted by atomic mass is 9.89. The quantitative estimate of drug-likeness (QED) is 0.0163. The summed E-state index contributed by atoms with van der Waals surface area (Å²) in [5.74, 6) is -6.03. The molecule has 370 valence electrons. The van der Waals surface area contributed by atoms with E-state index in [9.17, 15) is 38.4 Å². The number of ether oxygens (including phenoxy) is 2. The van der Waals surface area contributed by atoms with Gasteiger partial charge in [-0.15, -0.1) is 0 Å². The van der Waals surface area contributed by atoms with Crippen molar-refractivity contribution in [2.75, 3.05) is 0 Å². The minimum absolute atomic E-state index is 0.0554. The van der Waals surface area contributed by atoms with Crippen LogP contribution in [-0.2, 0) is 19.4 Å². The van der Waals surface area contributed by atoms with Gasteiger partial charge in [0.2, 0.25) is 0 Å². The fourth-order valence-electron chi connectivity index (χ4n) is 9.24. The monoisotopic (exact) mass is 954 g/mol. The van der Waals surface area contributed by atoms with Gasteiger partial charge in [0.25, 0.3) is 0 Å². The predicted molar refractivity (Wildman–Crippen MR) is 263 cm³/mol. The van der Waals surface area contributed by atoms with E-state index in [0.717, 1.165) is 89.9 Å². The molecule has 70 heavy (non-hydrogen) atoms. The second-order valence-electron chi connectivity index (χ2n) is 18.6. The van der Waals surface area contributed by atoms with Crippen LogP contribution in [-0.4, -0.2) is 47.0 Å². The van der Waals surface area contributed by atoms with Gasteiger partial charge in [-0.2, -0.15) is 0 Å². The maximum Gasteiger partial charge on any atom is 0.387 e. The van der Waals surface area contributed by atoms with E-state index >= 15 is 0 Å². The Morgan fingerprint density at radius 2 is 0.771 bits per heavy atom. The van der Waals surface area contributed by atoms with E-state index in [2.05, 4.69) is 13.8 Å². The zero-order valence-corrected chi connectivity index (χ0v) is 40.7. The van der Waals surface area contributed by atoms with Crippen LogP contribution in [0.15, 0.2) is 84.9 Å². The molecule has 0 heterocycles. The largest absolute Gasteiger partial charge is 0.426 e. The van der Waals surface area contributed by atoms with Crippen molar-refractivity contribution in [3.63, 3.8) is 0 Å². The Morgan fingerprint density at radius 3 is 1.14 bits per heavy atom. The number of hydrogen-bond acceptors (Lipinski definition) is 12. The standard InChI is InChI=1S/C58H66O12/c1-3-5-7-9-17-31-49(59)41-33-35-51(67-55(63)39-23-13-11-14-24-39)47(37-41)53(61)43-27-19-21-29-45(43)57(65)69-70-58(66)46-30-22-20-28-44(46)54(62)48-38-42(50(60)32-18-10-8-6-4-2)34-36-52(48)68-56(64)40-25-15-12-16-26-40/h19-22,27-30,33-40H,3-18,23-26,31-32H2,1-2H3. The molecular weight excluding hydrogens is 889 g/mol. The van der Waals surface area contributed by atoms with Crippen LogP contribution >= 0.6 is 0 Å². The molecule has 0 saturated heterocycles. The first kappa shape index (κ1) is 52.8. The average molecular weight is 955 g/mol. The maximum absolute atomic E-state index is 14.5. The van der Waals surface area contributed by atoms with Crippen molar-refractivity contribution in [2.24, 2.45) is 11.8 Å². The van der Waals surface area contributed by atoms with Gasteiger partial charge < -0.3 is 9.47 Å². The van der Waals surface area contributed by atoms with Crippen LogP contribution in [0.4, 0.5) is 0 Å². The molecular formula is C58H66O12. The molecule has 0 aromatic heterocycles. The average Bonchev–Trinajstić information content (AvgIpc) is 3.40. The number of ketones is 4. The molecule has 2 saturated carbocycles. The van der Waals surface area contributed by atoms with Crippen LogP contribution in [0.3, 0.4) is 0 Å². The lowest BCUT2D eigenvalue weighted by Gasteiger charge is -2.21. The van der Waals surface area contributed by atoms with Crippen LogP contribution in [0.25, 0.3) is 0 Å². The van der Waals surface area contributed by atoms with E-state index in [0.29, 0.717) is 38.5 Å². The number of unbranched alkanes of at least 4 members (excludes halogenated alkanes) is 8. The van der Waals surface area contributed by atoms with E-state index in [1.54, 1.807) is 0 Å². The van der Waals surface area contributed by atoms with Crippen molar-refractivity contribution in [3.05, 3.63) is 129 Å². The summed E-state index contributed by atoms with van der Waals surface area (Å²) in [5.41, 5.74) is -0.642. The second kappa shape index (κ2) is 27.0. The van der Waals surface area contributed by atoms with Crippen LogP contribution in [0.2, 0.25) is 0 Å². The smallest absolute Gasteiger partial charge is 0.387 e. The van der Waals surface area contributed by atoms with Gasteiger partial charge in [0.15, 0.2) is 23.1 Å². The molecule has 0 atom stereocenters. The van der Waals surface area contributed by atoms with Crippen LogP contribution in [0, 0.1) is 11.8 Å². The number of carbonyl (C=O) groups is 8. The zero-order chi connectivity index (χ0) is 49.8. The first-order valence-electron chi connectivity index (χ1n) is 25.5. The van der Waals surface area contributed by atoms with Crippen LogP contribution in [0.5, 0.6) is 11.5 Å². The SMILES string of the molecule is CCCCCCCC(=O)c1ccc(OC(=O)C2CCCCC2)c(C(=O)c2ccccc2C(=O)OOC(=O)c2ccccc2C(=O)c2cc(C(=O)CCCCCCC)ccc2OC(=O)C2CCCCC2)c1. The van der Waals surface area contributed by atoms with Gasteiger partial charge in [0.05, 0.1) is 34.1 Å². The fourth-order valence-corrected chi connectivity index (χ4v) is 9.24. The van der Waals surface area contributed by atoms with Gasteiger partial charge in [-0.3, -0.25) is 28.8 Å². The summed E-state index contributed by atoms with van der Waals surface area (Å²) in [6, 6.07) is 20.1. The Kier molecular flexibility index (Phi) is 20.4. The molecule has 2 aliphatic carbocycles. The Bertz CT molecular complexity index is 2330. The molecule has 2 aliphatic rings. The van der Waals surface area contributed by atoms with E-state index < -0.39 is 35.4 Å². The summed E-state index contributed by atoms with van der Waals surface area (Å²) < 4.78 is 11.7. The predicted octanol–water partition coefficient (Wildman–Crippen LogP) is 13.1. The van der Waals surface area contributed by atoms with Gasteiger partial charge in [0.1, 0.15) is 11.5 Å². The van der Waals surface area contributed by atoms with Gasteiger partial charge in [-0.1, -0.05) is 140 Å². The highest BCUT2D eigenvalue weighted by atomic mass is 17.2. The summed E-state index contributed by atoms with van der Waals surface area (Å²) in [5, 5.41) is 0. The number of rotatable bonds is 24. The Hall–Kier alpha value is -6.56. The van der Waals surface area contributed by atoms with Crippen molar-refractivity contribution in [3.8, 4) is 11.5 Å². The van der Waals surface area contributed by atoms with E-state index in [-0.39, 0.29) is 92.3 Å². The number of benzene rings is 4.